The third-order valence-corrected chi connectivity index (χ3v) is 7.64. The quantitative estimate of drug-likeness (QED) is 0.391. The van der Waals surface area contributed by atoms with Crippen molar-refractivity contribution >= 4 is 50.0 Å². The van der Waals surface area contributed by atoms with E-state index >= 15 is 0 Å². The third-order valence-electron chi connectivity index (χ3n) is 4.55. The fourth-order valence-electron chi connectivity index (χ4n) is 3.02. The molecule has 7 nitrogen and oxygen atoms in total. The minimum absolute atomic E-state index is 0.0246. The van der Waals surface area contributed by atoms with E-state index in [0.717, 1.165) is 26.5 Å². The normalized spacial score (nSPS) is 11.7. The van der Waals surface area contributed by atoms with Crippen LogP contribution >= 0.6 is 23.1 Å². The summed E-state index contributed by atoms with van der Waals surface area (Å²) < 4.78 is 29.5. The first-order valence-corrected chi connectivity index (χ1v) is 12.7. The van der Waals surface area contributed by atoms with Crippen LogP contribution in [0.2, 0.25) is 0 Å². The molecule has 0 fully saturated rings. The molecule has 160 valence electrons. The number of hydrogen-bond donors (Lipinski definition) is 2. The Kier molecular flexibility index (Phi) is 6.15. The predicted octanol–water partition coefficient (Wildman–Crippen LogP) is 4.07. The molecule has 0 radical (unpaired) electrons. The second-order valence-electron chi connectivity index (χ2n) is 6.82. The van der Waals surface area contributed by atoms with E-state index < -0.39 is 10.0 Å². The van der Waals surface area contributed by atoms with Gasteiger partial charge in [0.2, 0.25) is 10.0 Å². The van der Waals surface area contributed by atoms with Gasteiger partial charge in [0.05, 0.1) is 4.90 Å². The van der Waals surface area contributed by atoms with Crippen LogP contribution in [0.25, 0.3) is 11.0 Å². The molecule has 0 saturated carbocycles. The molecule has 0 aliphatic heterocycles. The van der Waals surface area contributed by atoms with Crippen molar-refractivity contribution in [2.75, 3.05) is 0 Å². The van der Waals surface area contributed by atoms with Crippen molar-refractivity contribution in [3.05, 3.63) is 76.5 Å². The second-order valence-corrected chi connectivity index (χ2v) is 10.5. The number of rotatable bonds is 7. The lowest BCUT2D eigenvalue weighted by molar-refractivity contribution is 0.0924. The van der Waals surface area contributed by atoms with E-state index in [0.29, 0.717) is 11.3 Å². The Balaban J connectivity index is 1.53. The average molecular weight is 474 g/mol. The number of nitrogens with two attached hydrogens (primary N) is 1. The Labute approximate surface area is 187 Å². The number of nitrogens with one attached hydrogen (secondary N) is 1. The first-order valence-electron chi connectivity index (χ1n) is 9.26. The molecule has 2 aromatic carbocycles. The zero-order valence-corrected chi connectivity index (χ0v) is 18.9. The van der Waals surface area contributed by atoms with Gasteiger partial charge in [0, 0.05) is 34.3 Å². The van der Waals surface area contributed by atoms with E-state index in [1.54, 1.807) is 35.2 Å². The molecule has 0 spiro atoms. The number of sulfonamides is 1. The number of nitrogens with zero attached hydrogens (tertiary/aromatic N) is 1. The molecule has 0 aliphatic carbocycles. The van der Waals surface area contributed by atoms with Crippen LogP contribution in [0.5, 0.6) is 0 Å². The summed E-state index contributed by atoms with van der Waals surface area (Å²) in [4.78, 5) is 17.4. The third kappa shape index (κ3) is 4.99. The van der Waals surface area contributed by atoms with Gasteiger partial charge < -0.3 is 9.73 Å². The number of carbonyl (C=O) groups is 1. The van der Waals surface area contributed by atoms with Gasteiger partial charge in [0.25, 0.3) is 5.91 Å². The number of benzene rings is 2. The van der Waals surface area contributed by atoms with E-state index in [2.05, 4.69) is 10.3 Å². The summed E-state index contributed by atoms with van der Waals surface area (Å²) in [5.41, 5.74) is 3.17. The van der Waals surface area contributed by atoms with Crippen LogP contribution in [0.4, 0.5) is 0 Å². The fourth-order valence-corrected chi connectivity index (χ4v) is 5.41. The number of aromatic nitrogens is 1. The van der Waals surface area contributed by atoms with Crippen molar-refractivity contribution in [3.8, 4) is 0 Å². The SMILES string of the molecule is Cc1csc(SCc2c(C(=O)NCc3ccc(S(N)(=O)=O)cc3)oc3ccccc23)n1. The lowest BCUT2D eigenvalue weighted by Gasteiger charge is -2.06. The first kappa shape index (κ1) is 21.6. The molecular formula is C21H19N3O4S3. The number of carbonyl (C=O) groups excluding carboxylic acids is 1. The number of amides is 1. The maximum atomic E-state index is 12.9. The molecule has 31 heavy (non-hydrogen) atoms. The standard InChI is InChI=1S/C21H19N3O4S3/c1-13-11-29-21(24-13)30-12-17-16-4-2-3-5-18(16)28-19(17)20(25)23-10-14-6-8-15(9-7-14)31(22,26)27/h2-9,11H,10,12H2,1H3,(H,23,25)(H2,22,26,27). The van der Waals surface area contributed by atoms with Crippen molar-refractivity contribution in [3.63, 3.8) is 0 Å². The number of furan rings is 1. The summed E-state index contributed by atoms with van der Waals surface area (Å²) in [6.07, 6.45) is 0. The van der Waals surface area contributed by atoms with E-state index in [4.69, 9.17) is 9.56 Å². The number of thioether (sulfide) groups is 1. The topological polar surface area (TPSA) is 115 Å². The molecule has 1 amide bonds. The minimum Gasteiger partial charge on any atom is -0.451 e. The minimum atomic E-state index is -3.75. The molecule has 0 unspecified atom stereocenters. The highest BCUT2D eigenvalue weighted by atomic mass is 32.2. The summed E-state index contributed by atoms with van der Waals surface area (Å²) in [5, 5.41) is 10.8. The Morgan fingerprint density at radius 1 is 1.19 bits per heavy atom. The number of hydrogen-bond acceptors (Lipinski definition) is 7. The summed E-state index contributed by atoms with van der Waals surface area (Å²) in [6.45, 7) is 2.17. The van der Waals surface area contributed by atoms with Crippen LogP contribution in [0.15, 0.2) is 67.6 Å². The summed E-state index contributed by atoms with van der Waals surface area (Å²) >= 11 is 3.13. The van der Waals surface area contributed by atoms with Crippen LogP contribution in [0.1, 0.15) is 27.4 Å². The van der Waals surface area contributed by atoms with Gasteiger partial charge in [0.1, 0.15) is 9.92 Å². The molecule has 4 aromatic rings. The Morgan fingerprint density at radius 2 is 1.94 bits per heavy atom. The van der Waals surface area contributed by atoms with Crippen molar-refractivity contribution in [1.82, 2.24) is 10.3 Å². The molecule has 0 bridgehead atoms. The molecule has 2 heterocycles. The number of aryl methyl sites for hydroxylation is 1. The second kappa shape index (κ2) is 8.83. The van der Waals surface area contributed by atoms with Gasteiger partial charge in [-0.2, -0.15) is 0 Å². The number of fused-ring (bicyclic) bond motifs is 1. The molecular weight excluding hydrogens is 454 g/mol. The van der Waals surface area contributed by atoms with Gasteiger partial charge in [0.15, 0.2) is 5.76 Å². The molecule has 0 aliphatic rings. The van der Waals surface area contributed by atoms with Crippen molar-refractivity contribution < 1.29 is 17.6 Å². The van der Waals surface area contributed by atoms with Gasteiger partial charge in [-0.3, -0.25) is 4.79 Å². The molecule has 4 rings (SSSR count). The maximum Gasteiger partial charge on any atom is 0.287 e. The maximum absolute atomic E-state index is 12.9. The molecule has 10 heteroatoms. The summed E-state index contributed by atoms with van der Waals surface area (Å²) in [6, 6.07) is 13.6. The molecule has 3 N–H and O–H groups in total. The van der Waals surface area contributed by atoms with Gasteiger partial charge in [-0.15, -0.1) is 11.3 Å². The highest BCUT2D eigenvalue weighted by molar-refractivity contribution is 8.00. The van der Waals surface area contributed by atoms with Crippen LogP contribution in [-0.2, 0) is 22.3 Å². The highest BCUT2D eigenvalue weighted by Crippen LogP contribution is 2.33. The molecule has 0 saturated heterocycles. The number of thiazole rings is 1. The van der Waals surface area contributed by atoms with E-state index in [9.17, 15) is 13.2 Å². The average Bonchev–Trinajstić information content (AvgIpc) is 3.33. The van der Waals surface area contributed by atoms with E-state index in [1.807, 2.05) is 36.6 Å². The van der Waals surface area contributed by atoms with Crippen LogP contribution in [0, 0.1) is 6.92 Å². The molecule has 2 aromatic heterocycles. The van der Waals surface area contributed by atoms with Gasteiger partial charge in [-0.05, 0) is 30.7 Å². The van der Waals surface area contributed by atoms with E-state index in [-0.39, 0.29) is 23.1 Å². The van der Waals surface area contributed by atoms with Crippen LogP contribution in [-0.4, -0.2) is 19.3 Å². The highest BCUT2D eigenvalue weighted by Gasteiger charge is 2.21. The van der Waals surface area contributed by atoms with Crippen LogP contribution in [0.3, 0.4) is 0 Å². The summed E-state index contributed by atoms with van der Waals surface area (Å²) in [7, 11) is -3.75. The zero-order valence-electron chi connectivity index (χ0n) is 16.5. The Hall–Kier alpha value is -2.66. The monoisotopic (exact) mass is 473 g/mol. The Bertz CT molecular complexity index is 1340. The van der Waals surface area contributed by atoms with Gasteiger partial charge in [-0.25, -0.2) is 18.5 Å². The van der Waals surface area contributed by atoms with Crippen LogP contribution < -0.4 is 10.5 Å². The lowest BCUT2D eigenvalue weighted by Crippen LogP contribution is -2.23. The zero-order chi connectivity index (χ0) is 22.0. The fraction of sp³-hybridized carbons (Fsp3) is 0.143. The number of primary sulfonamides is 1. The smallest absolute Gasteiger partial charge is 0.287 e. The van der Waals surface area contributed by atoms with Crippen molar-refractivity contribution in [2.45, 2.75) is 28.5 Å². The number of para-hydroxylation sites is 1. The molecule has 0 atom stereocenters. The predicted molar refractivity (Wildman–Crippen MR) is 122 cm³/mol. The van der Waals surface area contributed by atoms with Crippen molar-refractivity contribution in [1.29, 1.82) is 0 Å². The van der Waals surface area contributed by atoms with E-state index in [1.165, 1.54) is 12.1 Å². The van der Waals surface area contributed by atoms with Crippen molar-refractivity contribution in [2.24, 2.45) is 5.14 Å². The summed E-state index contributed by atoms with van der Waals surface area (Å²) in [5.74, 6) is 0.483. The first-order chi connectivity index (χ1) is 14.8. The lowest BCUT2D eigenvalue weighted by atomic mass is 10.1. The van der Waals surface area contributed by atoms with Gasteiger partial charge in [-0.1, -0.05) is 42.1 Å². The largest absolute Gasteiger partial charge is 0.451 e. The van der Waals surface area contributed by atoms with Gasteiger partial charge >= 0.3 is 0 Å². The Morgan fingerprint density at radius 3 is 2.61 bits per heavy atom.